The molecule has 0 radical (unpaired) electrons. The average molecular weight is 795 g/mol. The van der Waals surface area contributed by atoms with Crippen LogP contribution in [0.1, 0.15) is 44.5 Å². The van der Waals surface area contributed by atoms with Crippen molar-refractivity contribution in [2.45, 2.75) is 75.7 Å². The molecule has 3 atom stereocenters. The molecular weight excluding hydrogens is 746 g/mol. The van der Waals surface area contributed by atoms with Crippen LogP contribution in [0.5, 0.6) is 17.2 Å². The van der Waals surface area contributed by atoms with Crippen LogP contribution < -0.4 is 19.5 Å². The standard InChI is InChI=1S/C36H49F3N6O7SSi/c1-35(2,3)54(9,10)51-18-29-28(50-22-53-19-25-26(48-7)14-24(47-6)15-27(25)49-8)16-30(52-29)45-17-23(12-11-13-40-34(46)36(37,38)39)31-32(43-21-44(4)5)41-20-42-33(31)45/h14-15,17,20-21,28-30H,13,16,18-19,22H2,1-10H3,(H,40,46)/t28-,29+,30+/m0/s1. The van der Waals surface area contributed by atoms with Crippen LogP contribution in [0.3, 0.4) is 0 Å². The van der Waals surface area contributed by atoms with Crippen molar-refractivity contribution in [2.24, 2.45) is 4.99 Å². The summed E-state index contributed by atoms with van der Waals surface area (Å²) in [5.74, 6) is 6.49. The van der Waals surface area contributed by atoms with Crippen LogP contribution >= 0.6 is 11.8 Å². The lowest BCUT2D eigenvalue weighted by Gasteiger charge is -2.37. The molecule has 1 amide bonds. The number of hydrogen-bond acceptors (Lipinski definition) is 11. The molecule has 1 aromatic carbocycles. The van der Waals surface area contributed by atoms with Crippen LogP contribution in [-0.4, -0.2) is 113 Å². The fraction of sp³-hybridized carbons (Fsp3) is 0.556. The van der Waals surface area contributed by atoms with Crippen LogP contribution in [0.25, 0.3) is 11.0 Å². The largest absolute Gasteiger partial charge is 0.496 e. The third-order valence-corrected chi connectivity index (χ3v) is 14.4. The fourth-order valence-electron chi connectivity index (χ4n) is 5.22. The van der Waals surface area contributed by atoms with Gasteiger partial charge in [-0.2, -0.15) is 13.2 Å². The number of aliphatic imine (C=N–C) groups is 1. The molecule has 3 heterocycles. The van der Waals surface area contributed by atoms with Crippen LogP contribution in [0, 0.1) is 11.8 Å². The van der Waals surface area contributed by atoms with E-state index >= 15 is 0 Å². The topological polar surface area (TPSA) is 131 Å². The first-order valence-corrected chi connectivity index (χ1v) is 21.1. The number of carbonyl (C=O) groups is 1. The molecule has 1 N–H and O–H groups in total. The van der Waals surface area contributed by atoms with Crippen molar-refractivity contribution in [3.05, 3.63) is 35.8 Å². The molecule has 13 nitrogen and oxygen atoms in total. The first-order chi connectivity index (χ1) is 25.4. The van der Waals surface area contributed by atoms with Gasteiger partial charge in [-0.3, -0.25) is 4.79 Å². The minimum atomic E-state index is -5.02. The molecule has 2 aromatic heterocycles. The Kier molecular flexibility index (Phi) is 14.3. The molecule has 3 aromatic rings. The van der Waals surface area contributed by atoms with E-state index in [2.05, 4.69) is 60.7 Å². The molecule has 0 unspecified atom stereocenters. The molecule has 1 aliphatic rings. The van der Waals surface area contributed by atoms with E-state index in [-0.39, 0.29) is 11.1 Å². The van der Waals surface area contributed by atoms with Gasteiger partial charge in [0.1, 0.15) is 41.6 Å². The van der Waals surface area contributed by atoms with Crippen molar-refractivity contribution in [1.82, 2.24) is 24.8 Å². The first kappa shape index (κ1) is 42.7. The van der Waals surface area contributed by atoms with E-state index < -0.39 is 39.3 Å². The number of nitrogens with one attached hydrogen (secondary N) is 1. The minimum absolute atomic E-state index is 0.0299. The Morgan fingerprint density at radius 1 is 1.15 bits per heavy atom. The van der Waals surface area contributed by atoms with Gasteiger partial charge in [-0.1, -0.05) is 32.6 Å². The van der Waals surface area contributed by atoms with Crippen LogP contribution in [0.15, 0.2) is 29.6 Å². The molecule has 296 valence electrons. The predicted molar refractivity (Wildman–Crippen MR) is 204 cm³/mol. The van der Waals surface area contributed by atoms with Gasteiger partial charge in [0.2, 0.25) is 0 Å². The maximum atomic E-state index is 12.7. The van der Waals surface area contributed by atoms with Crippen molar-refractivity contribution in [3.63, 3.8) is 0 Å². The summed E-state index contributed by atoms with van der Waals surface area (Å²) in [6.07, 6.45) is -1.31. The zero-order valence-corrected chi connectivity index (χ0v) is 34.1. The predicted octanol–water partition coefficient (Wildman–Crippen LogP) is 6.29. The number of amides is 1. The number of aromatic nitrogens is 3. The number of methoxy groups -OCH3 is 3. The van der Waals surface area contributed by atoms with E-state index in [0.717, 1.165) is 5.56 Å². The van der Waals surface area contributed by atoms with Crippen molar-refractivity contribution in [2.75, 3.05) is 54.5 Å². The number of alkyl halides is 3. The molecular formula is C36H49F3N6O7SSi. The van der Waals surface area contributed by atoms with E-state index in [9.17, 15) is 18.0 Å². The Hall–Kier alpha value is -4.02. The molecule has 0 bridgehead atoms. The Morgan fingerprint density at radius 3 is 2.43 bits per heavy atom. The monoisotopic (exact) mass is 794 g/mol. The molecule has 0 saturated carbocycles. The van der Waals surface area contributed by atoms with Crippen molar-refractivity contribution < 1.29 is 46.1 Å². The molecule has 1 saturated heterocycles. The average Bonchev–Trinajstić information content (AvgIpc) is 3.70. The second-order valence-electron chi connectivity index (χ2n) is 14.2. The molecule has 54 heavy (non-hydrogen) atoms. The number of benzene rings is 1. The van der Waals surface area contributed by atoms with E-state index in [0.29, 0.717) is 64.4 Å². The molecule has 0 spiro atoms. The van der Waals surface area contributed by atoms with Crippen LogP contribution in [0.2, 0.25) is 18.1 Å². The van der Waals surface area contributed by atoms with Gasteiger partial charge < -0.3 is 42.9 Å². The van der Waals surface area contributed by atoms with Crippen LogP contribution in [-0.2, 0) is 24.4 Å². The number of carbonyl (C=O) groups excluding carboxylic acids is 1. The second kappa shape index (κ2) is 18.1. The molecule has 1 fully saturated rings. The van der Waals surface area contributed by atoms with Gasteiger partial charge in [-0.15, -0.1) is 11.8 Å². The normalized spacial score (nSPS) is 17.8. The lowest BCUT2D eigenvalue weighted by Crippen LogP contribution is -2.44. The minimum Gasteiger partial charge on any atom is -0.496 e. The molecule has 18 heteroatoms. The van der Waals surface area contributed by atoms with E-state index in [1.807, 2.05) is 16.7 Å². The highest BCUT2D eigenvalue weighted by Gasteiger charge is 2.42. The lowest BCUT2D eigenvalue weighted by atomic mass is 10.2. The SMILES string of the molecule is COc1cc(OC)c(CSCO[C@H]2C[C@H](n3cc(C#CCNC(=O)C(F)(F)F)c4c(N=CN(C)C)ncnc43)O[C@@H]2CO[Si](C)(C)C(C)(C)C)c(OC)c1. The lowest BCUT2D eigenvalue weighted by molar-refractivity contribution is -0.173. The zero-order valence-electron chi connectivity index (χ0n) is 32.3. The highest BCUT2D eigenvalue weighted by Crippen LogP contribution is 2.41. The summed E-state index contributed by atoms with van der Waals surface area (Å²) in [7, 11) is 6.22. The van der Waals surface area contributed by atoms with Gasteiger partial charge >= 0.3 is 12.1 Å². The van der Waals surface area contributed by atoms with E-state index in [1.165, 1.54) is 6.33 Å². The summed E-state index contributed by atoms with van der Waals surface area (Å²) < 4.78 is 76.4. The third kappa shape index (κ3) is 10.6. The maximum absolute atomic E-state index is 12.7. The van der Waals surface area contributed by atoms with Crippen molar-refractivity contribution in [1.29, 1.82) is 0 Å². The summed E-state index contributed by atoms with van der Waals surface area (Å²) >= 11 is 1.55. The number of thioether (sulfide) groups is 1. The van der Waals surface area contributed by atoms with Gasteiger partial charge in [0, 0.05) is 50.2 Å². The van der Waals surface area contributed by atoms with E-state index in [1.54, 1.807) is 69.9 Å². The number of fused-ring (bicyclic) bond motifs is 1. The highest BCUT2D eigenvalue weighted by atomic mass is 32.2. The van der Waals surface area contributed by atoms with Gasteiger partial charge in [-0.05, 0) is 18.1 Å². The maximum Gasteiger partial charge on any atom is 0.471 e. The smallest absolute Gasteiger partial charge is 0.471 e. The molecule has 1 aliphatic heterocycles. The van der Waals surface area contributed by atoms with Gasteiger partial charge in [0.25, 0.3) is 0 Å². The quantitative estimate of drug-likeness (QED) is 0.0465. The second-order valence-corrected chi connectivity index (χ2v) is 19.9. The number of hydrogen-bond donors (Lipinski definition) is 1. The van der Waals surface area contributed by atoms with Gasteiger partial charge in [0.15, 0.2) is 14.1 Å². The Balaban J connectivity index is 1.63. The Bertz CT molecular complexity index is 1830. The summed E-state index contributed by atoms with van der Waals surface area (Å²) in [5.41, 5.74) is 1.73. The summed E-state index contributed by atoms with van der Waals surface area (Å²) in [4.78, 5) is 26.4. The summed E-state index contributed by atoms with van der Waals surface area (Å²) in [6, 6.07) is 3.62. The number of nitrogens with zero attached hydrogens (tertiary/aromatic N) is 5. The van der Waals surface area contributed by atoms with Crippen molar-refractivity contribution >= 4 is 49.2 Å². The Labute approximate surface area is 319 Å². The van der Waals surface area contributed by atoms with Crippen molar-refractivity contribution in [3.8, 4) is 29.1 Å². The third-order valence-electron chi connectivity index (χ3n) is 9.15. The number of ether oxygens (including phenoxy) is 5. The van der Waals surface area contributed by atoms with Crippen LogP contribution in [0.4, 0.5) is 19.0 Å². The summed E-state index contributed by atoms with van der Waals surface area (Å²) in [5, 5.41) is 2.22. The summed E-state index contributed by atoms with van der Waals surface area (Å²) in [6.45, 7) is 10.6. The number of rotatable bonds is 15. The molecule has 4 rings (SSSR count). The first-order valence-electron chi connectivity index (χ1n) is 17.1. The fourth-order valence-corrected chi connectivity index (χ4v) is 7.08. The zero-order chi connectivity index (χ0) is 39.8. The van der Waals surface area contributed by atoms with E-state index in [4.69, 9.17) is 28.1 Å². The molecule has 0 aliphatic carbocycles. The van der Waals surface area contributed by atoms with Gasteiger partial charge in [0.05, 0.1) is 63.8 Å². The van der Waals surface area contributed by atoms with Gasteiger partial charge in [-0.25, -0.2) is 15.0 Å². The Morgan fingerprint density at radius 2 is 1.83 bits per heavy atom. The number of halogens is 3. The highest BCUT2D eigenvalue weighted by molar-refractivity contribution is 7.98.